The van der Waals surface area contributed by atoms with Crippen LogP contribution in [0.2, 0.25) is 0 Å². The van der Waals surface area contributed by atoms with Crippen molar-refractivity contribution in [1.29, 1.82) is 0 Å². The first-order valence-electron chi connectivity index (χ1n) is 3.62. The molecule has 2 rings (SSSR count). The van der Waals surface area contributed by atoms with Gasteiger partial charge in [0.05, 0.1) is 0 Å². The number of H-pyrrole nitrogens is 1. The molecular weight excluding hydrogens is 251 g/mol. The van der Waals surface area contributed by atoms with E-state index in [1.54, 1.807) is 0 Å². The van der Waals surface area contributed by atoms with Crippen molar-refractivity contribution in [3.8, 4) is 0 Å². The second kappa shape index (κ2) is 2.89. The van der Waals surface area contributed by atoms with Gasteiger partial charge in [-0.1, -0.05) is 39.8 Å². The molecule has 11 heavy (non-hydrogen) atoms. The van der Waals surface area contributed by atoms with Crippen LogP contribution in [0.15, 0.2) is 6.08 Å². The van der Waals surface area contributed by atoms with Crippen LogP contribution in [-0.2, 0) is 6.42 Å². The van der Waals surface area contributed by atoms with Crippen LogP contribution in [0.3, 0.4) is 0 Å². The van der Waals surface area contributed by atoms with Gasteiger partial charge in [-0.25, -0.2) is 0 Å². The van der Waals surface area contributed by atoms with Crippen LogP contribution in [0, 0.1) is 3.70 Å². The fraction of sp³-hybridized carbons (Fsp3) is 0.250. The summed E-state index contributed by atoms with van der Waals surface area (Å²) in [5, 5.41) is 7.34. The monoisotopic (exact) mass is 260 g/mol. The van der Waals surface area contributed by atoms with Crippen molar-refractivity contribution < 1.29 is 0 Å². The molecular formula is C8H9IN2. The van der Waals surface area contributed by atoms with Gasteiger partial charge in [-0.15, -0.1) is 0 Å². The van der Waals surface area contributed by atoms with Crippen molar-refractivity contribution in [3.05, 3.63) is 21.0 Å². The summed E-state index contributed by atoms with van der Waals surface area (Å²) in [6.45, 7) is 2.15. The third-order valence-corrected chi connectivity index (χ3v) is 3.88. The standard InChI is InChI=1S/C8H9IN2/c1-2-7-6-4-3-5-9-8(6)11-10-7/h3-5H,2H2,1H3,(H,10,11). The Bertz CT molecular complexity index is 323. The maximum Gasteiger partial charge on any atom is 0.125 e. The predicted molar refractivity (Wildman–Crippen MR) is 55.8 cm³/mol. The lowest BCUT2D eigenvalue weighted by Gasteiger charge is -1.96. The average Bonchev–Trinajstić information content (AvgIpc) is 2.47. The maximum absolute atomic E-state index is 4.27. The molecule has 0 saturated heterocycles. The molecule has 0 atom stereocenters. The summed E-state index contributed by atoms with van der Waals surface area (Å²) < 4.78 is 3.53. The number of nitrogens with zero attached hydrogens (tertiary/aromatic N) is 1. The topological polar surface area (TPSA) is 28.7 Å². The number of halogens is 1. The van der Waals surface area contributed by atoms with Gasteiger partial charge < -0.3 is 0 Å². The largest absolute Gasteiger partial charge is 0.281 e. The lowest BCUT2D eigenvalue weighted by atomic mass is 10.2. The Morgan fingerprint density at radius 3 is 3.36 bits per heavy atom. The lowest BCUT2D eigenvalue weighted by molar-refractivity contribution is 0.967. The van der Waals surface area contributed by atoms with Crippen LogP contribution in [0.1, 0.15) is 18.2 Å². The summed E-state index contributed by atoms with van der Waals surface area (Å²) in [6.07, 6.45) is 5.35. The van der Waals surface area contributed by atoms with E-state index in [0.29, 0.717) is 0 Å². The Kier molecular flexibility index (Phi) is 1.89. The van der Waals surface area contributed by atoms with Crippen molar-refractivity contribution in [2.24, 2.45) is 0 Å². The van der Waals surface area contributed by atoms with Gasteiger partial charge in [-0.05, 0) is 10.4 Å². The lowest BCUT2D eigenvalue weighted by Crippen LogP contribution is -1.85. The first-order valence-corrected chi connectivity index (χ1v) is 5.94. The Balaban J connectivity index is 2.57. The number of hydrogen-bond acceptors (Lipinski definition) is 1. The third kappa shape index (κ3) is 1.17. The molecule has 0 fully saturated rings. The third-order valence-electron chi connectivity index (χ3n) is 1.69. The summed E-state index contributed by atoms with van der Waals surface area (Å²) in [4.78, 5) is 0. The zero-order valence-corrected chi connectivity index (χ0v) is 8.42. The minimum absolute atomic E-state index is 0.0555. The molecule has 1 aromatic rings. The zero-order chi connectivity index (χ0) is 7.68. The van der Waals surface area contributed by atoms with Gasteiger partial charge in [0, 0.05) is 11.3 Å². The number of aromatic nitrogens is 2. The van der Waals surface area contributed by atoms with E-state index in [1.807, 2.05) is 0 Å². The second-order valence-corrected chi connectivity index (χ2v) is 4.72. The van der Waals surface area contributed by atoms with E-state index in [9.17, 15) is 0 Å². The number of fused-ring (bicyclic) bond motifs is 1. The van der Waals surface area contributed by atoms with Crippen molar-refractivity contribution in [2.45, 2.75) is 13.3 Å². The Hall–Kier alpha value is -0.450. The summed E-state index contributed by atoms with van der Waals surface area (Å²) in [5.41, 5.74) is 2.63. The van der Waals surface area contributed by atoms with Crippen LogP contribution < -0.4 is 0 Å². The molecule has 58 valence electrons. The molecule has 0 unspecified atom stereocenters. The number of aromatic amines is 1. The zero-order valence-electron chi connectivity index (χ0n) is 6.26. The van der Waals surface area contributed by atoms with Crippen LogP contribution in [0.4, 0.5) is 0 Å². The molecule has 0 saturated carbocycles. The fourth-order valence-electron chi connectivity index (χ4n) is 1.11. The average molecular weight is 260 g/mol. The molecule has 0 aromatic carbocycles. The van der Waals surface area contributed by atoms with E-state index in [-0.39, 0.29) is 20.7 Å². The molecule has 0 radical (unpaired) electrons. The Morgan fingerprint density at radius 2 is 2.55 bits per heavy atom. The van der Waals surface area contributed by atoms with Gasteiger partial charge in [0.1, 0.15) is 3.70 Å². The van der Waals surface area contributed by atoms with Gasteiger partial charge in [0.25, 0.3) is 0 Å². The molecule has 1 aliphatic heterocycles. The van der Waals surface area contributed by atoms with Crippen molar-refractivity contribution in [1.82, 2.24) is 10.2 Å². The first-order chi connectivity index (χ1) is 5.42. The van der Waals surface area contributed by atoms with Crippen LogP contribution in [0.5, 0.6) is 0 Å². The minimum Gasteiger partial charge on any atom is -0.281 e. The van der Waals surface area contributed by atoms with Gasteiger partial charge in [-0.3, -0.25) is 5.10 Å². The highest BCUT2D eigenvalue weighted by Crippen LogP contribution is 2.22. The normalized spacial score (nSPS) is 14.3. The molecule has 2 heterocycles. The highest BCUT2D eigenvalue weighted by atomic mass is 127. The van der Waals surface area contributed by atoms with Crippen molar-refractivity contribution in [2.75, 3.05) is 0 Å². The van der Waals surface area contributed by atoms with Gasteiger partial charge in [-0.2, -0.15) is 5.10 Å². The Morgan fingerprint density at radius 1 is 1.64 bits per heavy atom. The predicted octanol–water partition coefficient (Wildman–Crippen LogP) is 1.94. The summed E-state index contributed by atoms with van der Waals surface area (Å²) in [7, 11) is 0. The van der Waals surface area contributed by atoms with Gasteiger partial charge >= 0.3 is 0 Å². The van der Waals surface area contributed by atoms with E-state index >= 15 is 0 Å². The number of nitrogens with one attached hydrogen (secondary N) is 1. The quantitative estimate of drug-likeness (QED) is 0.768. The Labute approximate surface area is 75.5 Å². The van der Waals surface area contributed by atoms with E-state index in [0.717, 1.165) is 6.42 Å². The van der Waals surface area contributed by atoms with Crippen molar-refractivity contribution >= 4 is 30.8 Å². The van der Waals surface area contributed by atoms with E-state index in [1.165, 1.54) is 15.0 Å². The van der Waals surface area contributed by atoms with Crippen LogP contribution in [-0.4, -0.2) is 14.2 Å². The fourth-order valence-corrected chi connectivity index (χ4v) is 2.97. The first kappa shape index (κ1) is 7.21. The minimum atomic E-state index is 0.0555. The number of hydrogen-bond donors (Lipinski definition) is 1. The number of allylic oxidation sites excluding steroid dienone is 1. The number of aryl methyl sites for hydroxylation is 1. The molecule has 0 spiro atoms. The molecule has 1 N–H and O–H groups in total. The van der Waals surface area contributed by atoms with Gasteiger partial charge in [0.2, 0.25) is 0 Å². The molecule has 1 aliphatic rings. The SMILES string of the molecule is CCc1[nH]nc2c1C=CC=I2. The molecule has 2 nitrogen and oxygen atoms in total. The summed E-state index contributed by atoms with van der Waals surface area (Å²) in [6, 6.07) is 0. The van der Waals surface area contributed by atoms with Crippen molar-refractivity contribution in [3.63, 3.8) is 0 Å². The smallest absolute Gasteiger partial charge is 0.125 e. The summed E-state index contributed by atoms with van der Waals surface area (Å²) in [5.74, 6) is 0. The molecule has 0 bridgehead atoms. The van der Waals surface area contributed by atoms with E-state index in [2.05, 4.69) is 33.3 Å². The van der Waals surface area contributed by atoms with E-state index < -0.39 is 0 Å². The molecule has 0 aliphatic carbocycles. The summed E-state index contributed by atoms with van der Waals surface area (Å²) >= 11 is 0.0555. The van der Waals surface area contributed by atoms with Crippen LogP contribution in [0.25, 0.3) is 6.08 Å². The second-order valence-electron chi connectivity index (χ2n) is 2.35. The molecule has 0 amide bonds. The number of rotatable bonds is 1. The van der Waals surface area contributed by atoms with Gasteiger partial charge in [0.15, 0.2) is 0 Å². The highest BCUT2D eigenvalue weighted by molar-refractivity contribution is 14.2. The van der Waals surface area contributed by atoms with Crippen LogP contribution >= 0.6 is 20.7 Å². The van der Waals surface area contributed by atoms with E-state index in [4.69, 9.17) is 0 Å². The molecule has 3 heteroatoms. The molecule has 1 aromatic heterocycles. The maximum atomic E-state index is 4.27. The highest BCUT2D eigenvalue weighted by Gasteiger charge is 2.08.